The molecule has 0 spiro atoms. The minimum absolute atomic E-state index is 0.0513. The summed E-state index contributed by atoms with van der Waals surface area (Å²) in [6.07, 6.45) is 5.62. The summed E-state index contributed by atoms with van der Waals surface area (Å²) in [5, 5.41) is 1.09. The quantitative estimate of drug-likeness (QED) is 0.490. The standard InChI is InChI=1S/C24H23N3O2/c1-17-5-4-12-26(15-17)24(28)21-14-25-16-27(21)20-10-8-18(9-11-20)23-13-19-6-2-3-7-22(19)29-23/h2-3,6-11,13-14,16-17H,4-5,12,15H2,1H3. The maximum atomic E-state index is 13.0. The van der Waals surface area contributed by atoms with Crippen molar-refractivity contribution in [2.24, 2.45) is 5.92 Å². The lowest BCUT2D eigenvalue weighted by atomic mass is 10.00. The highest BCUT2D eigenvalue weighted by atomic mass is 16.3. The van der Waals surface area contributed by atoms with E-state index < -0.39 is 0 Å². The van der Waals surface area contributed by atoms with Crippen LogP contribution >= 0.6 is 0 Å². The normalized spacial score (nSPS) is 17.0. The predicted molar refractivity (Wildman–Crippen MR) is 113 cm³/mol. The topological polar surface area (TPSA) is 51.3 Å². The monoisotopic (exact) mass is 385 g/mol. The molecule has 0 saturated carbocycles. The van der Waals surface area contributed by atoms with E-state index in [0.29, 0.717) is 11.6 Å². The van der Waals surface area contributed by atoms with Gasteiger partial charge in [-0.15, -0.1) is 0 Å². The number of imidazole rings is 1. The number of furan rings is 1. The Balaban J connectivity index is 1.42. The highest BCUT2D eigenvalue weighted by molar-refractivity contribution is 5.93. The van der Waals surface area contributed by atoms with Gasteiger partial charge in [-0.25, -0.2) is 4.98 Å². The molecule has 3 heterocycles. The molecule has 5 nitrogen and oxygen atoms in total. The first-order chi connectivity index (χ1) is 14.2. The molecule has 2 aromatic carbocycles. The number of carbonyl (C=O) groups excluding carboxylic acids is 1. The Morgan fingerprint density at radius 3 is 2.76 bits per heavy atom. The largest absolute Gasteiger partial charge is 0.456 e. The molecule has 1 aliphatic heterocycles. The van der Waals surface area contributed by atoms with E-state index in [0.717, 1.165) is 47.5 Å². The van der Waals surface area contributed by atoms with Gasteiger partial charge < -0.3 is 9.32 Å². The number of benzene rings is 2. The zero-order valence-corrected chi connectivity index (χ0v) is 16.4. The van der Waals surface area contributed by atoms with Gasteiger partial charge in [0, 0.05) is 29.7 Å². The summed E-state index contributed by atoms with van der Waals surface area (Å²) in [5.74, 6) is 1.43. The molecule has 5 rings (SSSR count). The molecule has 146 valence electrons. The fraction of sp³-hybridized carbons (Fsp3) is 0.250. The fourth-order valence-electron chi connectivity index (χ4n) is 4.11. The van der Waals surface area contributed by atoms with Crippen molar-refractivity contribution in [2.75, 3.05) is 13.1 Å². The summed E-state index contributed by atoms with van der Waals surface area (Å²) < 4.78 is 7.82. The molecule has 0 aliphatic carbocycles. The lowest BCUT2D eigenvalue weighted by Crippen LogP contribution is -2.39. The number of hydrogen-bond acceptors (Lipinski definition) is 3. The van der Waals surface area contributed by atoms with Crippen LogP contribution in [0.3, 0.4) is 0 Å². The zero-order chi connectivity index (χ0) is 19.8. The Kier molecular flexibility index (Phi) is 4.43. The van der Waals surface area contributed by atoms with Crippen molar-refractivity contribution in [2.45, 2.75) is 19.8 Å². The molecule has 0 N–H and O–H groups in total. The second-order valence-electron chi connectivity index (χ2n) is 7.84. The number of carbonyl (C=O) groups is 1. The van der Waals surface area contributed by atoms with Gasteiger partial charge >= 0.3 is 0 Å². The van der Waals surface area contributed by atoms with Gasteiger partial charge in [0.2, 0.25) is 0 Å². The summed E-state index contributed by atoms with van der Waals surface area (Å²) >= 11 is 0. The third kappa shape index (κ3) is 3.33. The average Bonchev–Trinajstić information content (AvgIpc) is 3.40. The van der Waals surface area contributed by atoms with Crippen molar-refractivity contribution in [3.05, 3.63) is 72.8 Å². The van der Waals surface area contributed by atoms with Gasteiger partial charge in [-0.3, -0.25) is 9.36 Å². The van der Waals surface area contributed by atoms with E-state index in [9.17, 15) is 4.79 Å². The Hall–Kier alpha value is -3.34. The maximum absolute atomic E-state index is 13.0. The van der Waals surface area contributed by atoms with E-state index in [2.05, 4.69) is 11.9 Å². The molecule has 0 bridgehead atoms. The third-order valence-corrected chi connectivity index (χ3v) is 5.66. The van der Waals surface area contributed by atoms with Crippen LogP contribution in [0.25, 0.3) is 28.0 Å². The van der Waals surface area contributed by atoms with Crippen LogP contribution in [0.5, 0.6) is 0 Å². The number of nitrogens with zero attached hydrogens (tertiary/aromatic N) is 3. The third-order valence-electron chi connectivity index (χ3n) is 5.66. The number of likely N-dealkylation sites (tertiary alicyclic amines) is 1. The molecular formula is C24H23N3O2. The van der Waals surface area contributed by atoms with Gasteiger partial charge in [0.05, 0.1) is 12.5 Å². The summed E-state index contributed by atoms with van der Waals surface area (Å²) in [6.45, 7) is 3.84. The van der Waals surface area contributed by atoms with Crippen LogP contribution in [-0.2, 0) is 0 Å². The number of fused-ring (bicyclic) bond motifs is 1. The highest BCUT2D eigenvalue weighted by Gasteiger charge is 2.24. The molecule has 0 radical (unpaired) electrons. The molecule has 5 heteroatoms. The summed E-state index contributed by atoms with van der Waals surface area (Å²) in [5.41, 5.74) is 3.40. The number of amides is 1. The molecule has 1 amide bonds. The van der Waals surface area contributed by atoms with Crippen molar-refractivity contribution < 1.29 is 9.21 Å². The second kappa shape index (κ2) is 7.24. The van der Waals surface area contributed by atoms with Gasteiger partial charge in [-0.1, -0.05) is 25.1 Å². The molecule has 1 unspecified atom stereocenters. The number of aromatic nitrogens is 2. The predicted octanol–water partition coefficient (Wildman–Crippen LogP) is 5.16. The molecule has 4 aromatic rings. The molecule has 1 saturated heterocycles. The molecule has 1 atom stereocenters. The Morgan fingerprint density at radius 2 is 1.97 bits per heavy atom. The van der Waals surface area contributed by atoms with Crippen molar-refractivity contribution in [1.82, 2.24) is 14.5 Å². The van der Waals surface area contributed by atoms with Gasteiger partial charge in [0.1, 0.15) is 17.0 Å². The summed E-state index contributed by atoms with van der Waals surface area (Å²) in [7, 11) is 0. The molecule has 1 fully saturated rings. The Labute approximate surface area is 169 Å². The van der Waals surface area contributed by atoms with Crippen molar-refractivity contribution >= 4 is 16.9 Å². The number of rotatable bonds is 3. The van der Waals surface area contributed by atoms with Crippen LogP contribution < -0.4 is 0 Å². The summed E-state index contributed by atoms with van der Waals surface area (Å²) in [6, 6.07) is 18.1. The van der Waals surface area contributed by atoms with Crippen molar-refractivity contribution in [3.63, 3.8) is 0 Å². The molecule has 29 heavy (non-hydrogen) atoms. The number of piperidine rings is 1. The van der Waals surface area contributed by atoms with E-state index in [1.807, 2.05) is 64.1 Å². The number of hydrogen-bond donors (Lipinski definition) is 0. The lowest BCUT2D eigenvalue weighted by molar-refractivity contribution is 0.0675. The highest BCUT2D eigenvalue weighted by Crippen LogP contribution is 2.28. The maximum Gasteiger partial charge on any atom is 0.272 e. The molecular weight excluding hydrogens is 362 g/mol. The Morgan fingerprint density at radius 1 is 1.14 bits per heavy atom. The smallest absolute Gasteiger partial charge is 0.272 e. The first-order valence-corrected chi connectivity index (χ1v) is 10.1. The minimum Gasteiger partial charge on any atom is -0.456 e. The van der Waals surface area contributed by atoms with Gasteiger partial charge in [-0.2, -0.15) is 0 Å². The van der Waals surface area contributed by atoms with Gasteiger partial charge in [0.25, 0.3) is 5.91 Å². The first kappa shape index (κ1) is 17.7. The second-order valence-corrected chi connectivity index (χ2v) is 7.84. The molecule has 1 aliphatic rings. The van der Waals surface area contributed by atoms with Crippen molar-refractivity contribution in [1.29, 1.82) is 0 Å². The molecule has 2 aromatic heterocycles. The first-order valence-electron chi connectivity index (χ1n) is 10.1. The zero-order valence-electron chi connectivity index (χ0n) is 16.4. The van der Waals surface area contributed by atoms with Gasteiger partial charge in [-0.05, 0) is 55.2 Å². The van der Waals surface area contributed by atoms with E-state index in [1.54, 1.807) is 12.5 Å². The van der Waals surface area contributed by atoms with Crippen LogP contribution in [0.4, 0.5) is 0 Å². The van der Waals surface area contributed by atoms with Crippen LogP contribution in [0, 0.1) is 5.92 Å². The van der Waals surface area contributed by atoms with Crippen LogP contribution in [0.2, 0.25) is 0 Å². The average molecular weight is 385 g/mol. The SMILES string of the molecule is CC1CCCN(C(=O)c2cncn2-c2ccc(-c3cc4ccccc4o3)cc2)C1. The van der Waals surface area contributed by atoms with Crippen molar-refractivity contribution in [3.8, 4) is 17.0 Å². The fourth-order valence-corrected chi connectivity index (χ4v) is 4.11. The van der Waals surface area contributed by atoms with E-state index >= 15 is 0 Å². The summed E-state index contributed by atoms with van der Waals surface area (Å²) in [4.78, 5) is 19.2. The minimum atomic E-state index is 0.0513. The van der Waals surface area contributed by atoms with Crippen LogP contribution in [0.15, 0.2) is 71.5 Å². The lowest BCUT2D eigenvalue weighted by Gasteiger charge is -2.31. The van der Waals surface area contributed by atoms with E-state index in [4.69, 9.17) is 4.42 Å². The van der Waals surface area contributed by atoms with E-state index in [-0.39, 0.29) is 5.91 Å². The van der Waals surface area contributed by atoms with Gasteiger partial charge in [0.15, 0.2) is 0 Å². The van der Waals surface area contributed by atoms with Crippen LogP contribution in [-0.4, -0.2) is 33.4 Å². The number of para-hydroxylation sites is 1. The van der Waals surface area contributed by atoms with E-state index in [1.165, 1.54) is 6.42 Å². The Bertz CT molecular complexity index is 1120. The van der Waals surface area contributed by atoms with Crippen LogP contribution in [0.1, 0.15) is 30.3 Å².